The molecule has 1 saturated heterocycles. The van der Waals surface area contributed by atoms with E-state index in [1.807, 2.05) is 6.92 Å². The van der Waals surface area contributed by atoms with Gasteiger partial charge in [-0.15, -0.1) is 0 Å². The van der Waals surface area contributed by atoms with E-state index >= 15 is 0 Å². The Bertz CT molecular complexity index is 220. The van der Waals surface area contributed by atoms with Crippen LogP contribution in [0, 0.1) is 0 Å². The van der Waals surface area contributed by atoms with Crippen molar-refractivity contribution in [1.82, 2.24) is 10.2 Å². The lowest BCUT2D eigenvalue weighted by molar-refractivity contribution is -0.126. The third-order valence-corrected chi connectivity index (χ3v) is 3.25. The Balaban J connectivity index is 2.31. The zero-order valence-electron chi connectivity index (χ0n) is 10.5. The molecule has 0 radical (unpaired) electrons. The quantitative estimate of drug-likeness (QED) is 0.680. The number of carbonyl (C=O) groups is 1. The predicted molar refractivity (Wildman–Crippen MR) is 66.2 cm³/mol. The fourth-order valence-electron chi connectivity index (χ4n) is 2.09. The zero-order chi connectivity index (χ0) is 12.0. The molecule has 1 aliphatic heterocycles. The molecule has 1 fully saturated rings. The van der Waals surface area contributed by atoms with E-state index in [1.54, 1.807) is 0 Å². The van der Waals surface area contributed by atoms with E-state index in [4.69, 9.17) is 5.73 Å². The van der Waals surface area contributed by atoms with Crippen molar-refractivity contribution in [2.24, 2.45) is 5.73 Å². The number of carbonyl (C=O) groups excluding carboxylic acids is 1. The van der Waals surface area contributed by atoms with Gasteiger partial charge in [0.05, 0.1) is 6.04 Å². The Morgan fingerprint density at radius 3 is 3.00 bits per heavy atom. The number of piperidine rings is 1. The molecule has 94 valence electrons. The standard InChI is InChI=1S/C12H25N3O/c1-3-4-7-14-12(16)10(2)15-8-5-6-11(13)9-15/h10-11H,3-9,13H2,1-2H3,(H,14,16)/t10?,11-/m1/s1. The van der Waals surface area contributed by atoms with Crippen LogP contribution in [0.25, 0.3) is 0 Å². The van der Waals surface area contributed by atoms with Crippen molar-refractivity contribution in [1.29, 1.82) is 0 Å². The third-order valence-electron chi connectivity index (χ3n) is 3.25. The monoisotopic (exact) mass is 227 g/mol. The fourth-order valence-corrected chi connectivity index (χ4v) is 2.09. The summed E-state index contributed by atoms with van der Waals surface area (Å²) < 4.78 is 0. The maximum absolute atomic E-state index is 11.8. The summed E-state index contributed by atoms with van der Waals surface area (Å²) in [6, 6.07) is 0.197. The van der Waals surface area contributed by atoms with Gasteiger partial charge in [0.25, 0.3) is 0 Å². The Morgan fingerprint density at radius 2 is 2.38 bits per heavy atom. The molecule has 0 aromatic rings. The van der Waals surface area contributed by atoms with Gasteiger partial charge in [0.15, 0.2) is 0 Å². The predicted octanol–water partition coefficient (Wildman–Crippen LogP) is 0.714. The Kier molecular flexibility index (Phi) is 5.77. The summed E-state index contributed by atoms with van der Waals surface area (Å²) in [4.78, 5) is 14.0. The Morgan fingerprint density at radius 1 is 1.62 bits per heavy atom. The summed E-state index contributed by atoms with van der Waals surface area (Å²) >= 11 is 0. The average Bonchev–Trinajstić information content (AvgIpc) is 2.28. The Hall–Kier alpha value is -0.610. The maximum Gasteiger partial charge on any atom is 0.237 e. The van der Waals surface area contributed by atoms with Gasteiger partial charge in [-0.3, -0.25) is 9.69 Å². The minimum absolute atomic E-state index is 0.0387. The van der Waals surface area contributed by atoms with Crippen LogP contribution >= 0.6 is 0 Å². The number of hydrogen-bond donors (Lipinski definition) is 2. The largest absolute Gasteiger partial charge is 0.355 e. The smallest absolute Gasteiger partial charge is 0.237 e. The highest BCUT2D eigenvalue weighted by molar-refractivity contribution is 5.81. The summed E-state index contributed by atoms with van der Waals surface area (Å²) in [5.74, 6) is 0.141. The fraction of sp³-hybridized carbons (Fsp3) is 0.917. The van der Waals surface area contributed by atoms with E-state index in [2.05, 4.69) is 17.1 Å². The minimum atomic E-state index is -0.0387. The van der Waals surface area contributed by atoms with Gasteiger partial charge >= 0.3 is 0 Å². The second-order valence-electron chi connectivity index (χ2n) is 4.72. The molecule has 0 saturated carbocycles. The van der Waals surface area contributed by atoms with Crippen LogP contribution in [0.15, 0.2) is 0 Å². The van der Waals surface area contributed by atoms with Gasteiger partial charge in [0.1, 0.15) is 0 Å². The minimum Gasteiger partial charge on any atom is -0.355 e. The van der Waals surface area contributed by atoms with E-state index in [-0.39, 0.29) is 18.0 Å². The van der Waals surface area contributed by atoms with Gasteiger partial charge in [-0.2, -0.15) is 0 Å². The topological polar surface area (TPSA) is 58.4 Å². The first-order valence-corrected chi connectivity index (χ1v) is 6.42. The molecule has 4 heteroatoms. The number of nitrogens with zero attached hydrogens (tertiary/aromatic N) is 1. The maximum atomic E-state index is 11.8. The second kappa shape index (κ2) is 6.86. The molecule has 0 spiro atoms. The van der Waals surface area contributed by atoms with E-state index in [0.29, 0.717) is 0 Å². The van der Waals surface area contributed by atoms with Crippen LogP contribution in [-0.4, -0.2) is 42.5 Å². The lowest BCUT2D eigenvalue weighted by Gasteiger charge is -2.34. The van der Waals surface area contributed by atoms with Crippen LogP contribution in [0.5, 0.6) is 0 Å². The van der Waals surface area contributed by atoms with Crippen LogP contribution in [0.3, 0.4) is 0 Å². The molecular formula is C12H25N3O. The molecule has 1 heterocycles. The highest BCUT2D eigenvalue weighted by Crippen LogP contribution is 2.11. The van der Waals surface area contributed by atoms with Gasteiger partial charge < -0.3 is 11.1 Å². The summed E-state index contributed by atoms with van der Waals surface area (Å²) in [6.07, 6.45) is 4.36. The van der Waals surface area contributed by atoms with E-state index < -0.39 is 0 Å². The normalized spacial score (nSPS) is 24.1. The molecule has 0 aromatic heterocycles. The van der Waals surface area contributed by atoms with Gasteiger partial charge in [0, 0.05) is 19.1 Å². The lowest BCUT2D eigenvalue weighted by atomic mass is 10.0. The number of likely N-dealkylation sites (tertiary alicyclic amines) is 1. The molecular weight excluding hydrogens is 202 g/mol. The van der Waals surface area contributed by atoms with Crippen LogP contribution in [0.1, 0.15) is 39.5 Å². The molecule has 1 rings (SSSR count). The summed E-state index contributed by atoms with van der Waals surface area (Å²) in [6.45, 7) is 6.73. The van der Waals surface area contributed by atoms with Crippen molar-refractivity contribution in [3.63, 3.8) is 0 Å². The van der Waals surface area contributed by atoms with Gasteiger partial charge in [-0.1, -0.05) is 13.3 Å². The first-order valence-electron chi connectivity index (χ1n) is 6.42. The first-order chi connectivity index (χ1) is 7.65. The zero-order valence-corrected chi connectivity index (χ0v) is 10.5. The van der Waals surface area contributed by atoms with E-state index in [0.717, 1.165) is 45.3 Å². The van der Waals surface area contributed by atoms with Gasteiger partial charge in [-0.05, 0) is 32.7 Å². The van der Waals surface area contributed by atoms with Crippen LogP contribution in [-0.2, 0) is 4.79 Å². The highest BCUT2D eigenvalue weighted by Gasteiger charge is 2.25. The first kappa shape index (κ1) is 13.5. The van der Waals surface area contributed by atoms with Crippen molar-refractivity contribution in [3.05, 3.63) is 0 Å². The van der Waals surface area contributed by atoms with Gasteiger partial charge in [-0.25, -0.2) is 0 Å². The second-order valence-corrected chi connectivity index (χ2v) is 4.72. The molecule has 1 unspecified atom stereocenters. The van der Waals surface area contributed by atoms with Crippen LogP contribution < -0.4 is 11.1 Å². The SMILES string of the molecule is CCCCNC(=O)C(C)N1CCC[C@@H](N)C1. The molecule has 3 N–H and O–H groups in total. The molecule has 0 aliphatic carbocycles. The van der Waals surface area contributed by atoms with Crippen molar-refractivity contribution in [2.45, 2.75) is 51.6 Å². The van der Waals surface area contributed by atoms with Crippen LogP contribution in [0.4, 0.5) is 0 Å². The molecule has 16 heavy (non-hydrogen) atoms. The molecule has 2 atom stereocenters. The third kappa shape index (κ3) is 4.10. The number of rotatable bonds is 5. The molecule has 0 aromatic carbocycles. The van der Waals surface area contributed by atoms with Crippen LogP contribution in [0.2, 0.25) is 0 Å². The molecule has 1 amide bonds. The van der Waals surface area contributed by atoms with Crippen molar-refractivity contribution >= 4 is 5.91 Å². The molecule has 1 aliphatic rings. The van der Waals surface area contributed by atoms with E-state index in [9.17, 15) is 4.79 Å². The summed E-state index contributed by atoms with van der Waals surface area (Å²) in [5.41, 5.74) is 5.91. The van der Waals surface area contributed by atoms with Crippen molar-refractivity contribution in [3.8, 4) is 0 Å². The molecule has 4 nitrogen and oxygen atoms in total. The highest BCUT2D eigenvalue weighted by atomic mass is 16.2. The summed E-state index contributed by atoms with van der Waals surface area (Å²) in [5, 5.41) is 2.97. The number of nitrogens with one attached hydrogen (secondary N) is 1. The Labute approximate surface area is 98.6 Å². The average molecular weight is 227 g/mol. The number of unbranched alkanes of at least 4 members (excludes halogenated alkanes) is 1. The van der Waals surface area contributed by atoms with Crippen molar-refractivity contribution in [2.75, 3.05) is 19.6 Å². The number of amides is 1. The summed E-state index contributed by atoms with van der Waals surface area (Å²) in [7, 11) is 0. The number of nitrogens with two attached hydrogens (primary N) is 1. The lowest BCUT2D eigenvalue weighted by Crippen LogP contribution is -2.52. The molecule has 0 bridgehead atoms. The number of hydrogen-bond acceptors (Lipinski definition) is 3. The van der Waals surface area contributed by atoms with Gasteiger partial charge in [0.2, 0.25) is 5.91 Å². The van der Waals surface area contributed by atoms with Crippen molar-refractivity contribution < 1.29 is 4.79 Å². The van der Waals surface area contributed by atoms with E-state index in [1.165, 1.54) is 0 Å².